The summed E-state index contributed by atoms with van der Waals surface area (Å²) >= 11 is 1.72. The predicted octanol–water partition coefficient (Wildman–Crippen LogP) is 2.34. The zero-order chi connectivity index (χ0) is 15.5. The fourth-order valence-corrected chi connectivity index (χ4v) is 4.69. The van der Waals surface area contributed by atoms with E-state index in [1.165, 1.54) is 24.3 Å². The first-order valence-electron chi connectivity index (χ1n) is 6.77. The van der Waals surface area contributed by atoms with Gasteiger partial charge in [-0.1, -0.05) is 12.8 Å². The van der Waals surface area contributed by atoms with E-state index in [9.17, 15) is 13.2 Å². The summed E-state index contributed by atoms with van der Waals surface area (Å²) in [4.78, 5) is 10.9. The highest BCUT2D eigenvalue weighted by molar-refractivity contribution is 8.00. The highest BCUT2D eigenvalue weighted by atomic mass is 32.2. The molecule has 0 aromatic heterocycles. The molecule has 116 valence electrons. The number of hydrogen-bond acceptors (Lipinski definition) is 4. The number of carboxylic acid groups (broad SMARTS) is 1. The Balaban J connectivity index is 2.09. The molecule has 0 spiro atoms. The first kappa shape index (κ1) is 16.3. The zero-order valence-corrected chi connectivity index (χ0v) is 13.5. The first-order valence-corrected chi connectivity index (χ1v) is 9.48. The number of aromatic carboxylic acids is 1. The molecular formula is C14H19NO4S2. The van der Waals surface area contributed by atoms with E-state index in [1.807, 2.05) is 6.26 Å². The number of sulfonamides is 1. The van der Waals surface area contributed by atoms with Gasteiger partial charge in [0, 0.05) is 11.3 Å². The minimum Gasteiger partial charge on any atom is -0.478 e. The molecule has 1 aliphatic rings. The second-order valence-corrected chi connectivity index (χ2v) is 8.29. The first-order chi connectivity index (χ1) is 9.88. The van der Waals surface area contributed by atoms with Crippen LogP contribution < -0.4 is 4.72 Å². The summed E-state index contributed by atoms with van der Waals surface area (Å²) in [5.74, 6) is -1.07. The lowest BCUT2D eigenvalue weighted by atomic mass is 10.1. The van der Waals surface area contributed by atoms with Gasteiger partial charge in [-0.3, -0.25) is 0 Å². The van der Waals surface area contributed by atoms with Crippen molar-refractivity contribution in [1.29, 1.82) is 0 Å². The topological polar surface area (TPSA) is 83.5 Å². The average molecular weight is 329 g/mol. The molecule has 0 radical (unpaired) electrons. The van der Waals surface area contributed by atoms with Crippen molar-refractivity contribution in [3.05, 3.63) is 29.8 Å². The molecule has 1 aliphatic carbocycles. The molecule has 1 aromatic carbocycles. The van der Waals surface area contributed by atoms with Crippen LogP contribution >= 0.6 is 11.8 Å². The molecular weight excluding hydrogens is 310 g/mol. The van der Waals surface area contributed by atoms with Crippen LogP contribution in [0.15, 0.2) is 29.2 Å². The Labute approximate surface area is 129 Å². The Bertz CT molecular complexity index is 604. The Morgan fingerprint density at radius 3 is 2.33 bits per heavy atom. The van der Waals surface area contributed by atoms with Gasteiger partial charge >= 0.3 is 5.97 Å². The summed E-state index contributed by atoms with van der Waals surface area (Å²) in [6, 6.07) is 5.26. The van der Waals surface area contributed by atoms with Gasteiger partial charge < -0.3 is 5.11 Å². The monoisotopic (exact) mass is 329 g/mol. The Hall–Kier alpha value is -1.05. The highest BCUT2D eigenvalue weighted by Crippen LogP contribution is 2.39. The minimum absolute atomic E-state index is 0.00588. The number of hydrogen-bond donors (Lipinski definition) is 2. The van der Waals surface area contributed by atoms with Gasteiger partial charge in [0.15, 0.2) is 0 Å². The van der Waals surface area contributed by atoms with Gasteiger partial charge in [-0.25, -0.2) is 17.9 Å². The SMILES string of the molecule is CSC1(CNS(=O)(=O)c2ccc(C(=O)O)cc2)CCCC1. The fourth-order valence-electron chi connectivity index (χ4n) is 2.56. The maximum Gasteiger partial charge on any atom is 0.335 e. The third kappa shape index (κ3) is 3.78. The number of thioether (sulfide) groups is 1. The number of carbonyl (C=O) groups is 1. The second-order valence-electron chi connectivity index (χ2n) is 5.25. The third-order valence-electron chi connectivity index (χ3n) is 3.94. The van der Waals surface area contributed by atoms with Gasteiger partial charge in [-0.2, -0.15) is 11.8 Å². The van der Waals surface area contributed by atoms with Crippen molar-refractivity contribution in [2.75, 3.05) is 12.8 Å². The van der Waals surface area contributed by atoms with Crippen molar-refractivity contribution >= 4 is 27.8 Å². The molecule has 0 amide bonds. The van der Waals surface area contributed by atoms with Crippen LogP contribution in [-0.2, 0) is 10.0 Å². The van der Waals surface area contributed by atoms with Crippen molar-refractivity contribution in [2.45, 2.75) is 35.3 Å². The normalized spacial score (nSPS) is 17.8. The summed E-state index contributed by atoms with van der Waals surface area (Å²) < 4.78 is 27.2. The molecule has 0 saturated heterocycles. The van der Waals surface area contributed by atoms with Crippen LogP contribution in [0.2, 0.25) is 0 Å². The van der Waals surface area contributed by atoms with Gasteiger partial charge in [-0.05, 0) is 43.4 Å². The number of rotatable bonds is 6. The maximum absolute atomic E-state index is 12.3. The molecule has 1 fully saturated rings. The van der Waals surface area contributed by atoms with Crippen LogP contribution in [0.25, 0.3) is 0 Å². The Kier molecular flexibility index (Phi) is 4.95. The molecule has 7 heteroatoms. The van der Waals surface area contributed by atoms with Crippen LogP contribution in [0, 0.1) is 0 Å². The predicted molar refractivity (Wildman–Crippen MR) is 83.3 cm³/mol. The van der Waals surface area contributed by atoms with E-state index in [4.69, 9.17) is 5.11 Å². The Morgan fingerprint density at radius 2 is 1.86 bits per heavy atom. The van der Waals surface area contributed by atoms with Gasteiger partial charge in [-0.15, -0.1) is 0 Å². The van der Waals surface area contributed by atoms with E-state index in [0.717, 1.165) is 25.7 Å². The molecule has 21 heavy (non-hydrogen) atoms. The van der Waals surface area contributed by atoms with Crippen LogP contribution in [0.5, 0.6) is 0 Å². The third-order valence-corrected chi connectivity index (χ3v) is 6.78. The van der Waals surface area contributed by atoms with Crippen LogP contribution in [-0.4, -0.2) is 37.0 Å². The summed E-state index contributed by atoms with van der Waals surface area (Å²) in [7, 11) is -3.59. The Morgan fingerprint density at radius 1 is 1.29 bits per heavy atom. The van der Waals surface area contributed by atoms with Gasteiger partial charge in [0.05, 0.1) is 10.5 Å². The van der Waals surface area contributed by atoms with Crippen molar-refractivity contribution in [2.24, 2.45) is 0 Å². The molecule has 2 N–H and O–H groups in total. The lowest BCUT2D eigenvalue weighted by Crippen LogP contribution is -2.38. The molecule has 0 atom stereocenters. The summed E-state index contributed by atoms with van der Waals surface area (Å²) in [5, 5.41) is 8.82. The number of nitrogens with one attached hydrogen (secondary N) is 1. The lowest BCUT2D eigenvalue weighted by Gasteiger charge is -2.26. The van der Waals surface area contributed by atoms with Crippen molar-refractivity contribution in [3.63, 3.8) is 0 Å². The minimum atomic E-state index is -3.59. The molecule has 0 bridgehead atoms. The number of carboxylic acids is 1. The fraction of sp³-hybridized carbons (Fsp3) is 0.500. The van der Waals surface area contributed by atoms with Crippen LogP contribution in [0.3, 0.4) is 0 Å². The molecule has 0 heterocycles. The zero-order valence-electron chi connectivity index (χ0n) is 11.8. The van der Waals surface area contributed by atoms with Crippen LogP contribution in [0.4, 0.5) is 0 Å². The van der Waals surface area contributed by atoms with E-state index in [-0.39, 0.29) is 15.2 Å². The molecule has 1 saturated carbocycles. The van der Waals surface area contributed by atoms with Gasteiger partial charge in [0.2, 0.25) is 10.0 Å². The standard InChI is InChI=1S/C14H19NO4S2/c1-20-14(8-2-3-9-14)10-15-21(18,19)12-6-4-11(5-7-12)13(16)17/h4-7,15H,2-3,8-10H2,1H3,(H,16,17). The van der Waals surface area contributed by atoms with Crippen LogP contribution in [0.1, 0.15) is 36.0 Å². The van der Waals surface area contributed by atoms with Gasteiger partial charge in [0.1, 0.15) is 0 Å². The summed E-state index contributed by atoms with van der Waals surface area (Å²) in [6.45, 7) is 0.414. The van der Waals surface area contributed by atoms with Crippen molar-refractivity contribution in [1.82, 2.24) is 4.72 Å². The number of benzene rings is 1. The smallest absolute Gasteiger partial charge is 0.335 e. The molecule has 1 aromatic rings. The van der Waals surface area contributed by atoms with Crippen molar-refractivity contribution < 1.29 is 18.3 Å². The molecule has 0 unspecified atom stereocenters. The van der Waals surface area contributed by atoms with E-state index < -0.39 is 16.0 Å². The highest BCUT2D eigenvalue weighted by Gasteiger charge is 2.34. The molecule has 5 nitrogen and oxygen atoms in total. The van der Waals surface area contributed by atoms with E-state index in [0.29, 0.717) is 6.54 Å². The molecule has 0 aliphatic heterocycles. The van der Waals surface area contributed by atoms with Gasteiger partial charge in [0.25, 0.3) is 0 Å². The summed E-state index contributed by atoms with van der Waals surface area (Å²) in [6.07, 6.45) is 6.33. The van der Waals surface area contributed by atoms with Crippen molar-refractivity contribution in [3.8, 4) is 0 Å². The second kappa shape index (κ2) is 6.37. The van der Waals surface area contributed by atoms with E-state index >= 15 is 0 Å². The summed E-state index contributed by atoms with van der Waals surface area (Å²) in [5.41, 5.74) is 0.0744. The van der Waals surface area contributed by atoms with E-state index in [2.05, 4.69) is 4.72 Å². The molecule has 2 rings (SSSR count). The largest absolute Gasteiger partial charge is 0.478 e. The maximum atomic E-state index is 12.3. The average Bonchev–Trinajstić information content (AvgIpc) is 2.95. The lowest BCUT2D eigenvalue weighted by molar-refractivity contribution is 0.0696. The van der Waals surface area contributed by atoms with E-state index in [1.54, 1.807) is 11.8 Å². The quantitative estimate of drug-likeness (QED) is 0.837.